The van der Waals surface area contributed by atoms with Crippen LogP contribution in [0.25, 0.3) is 0 Å². The number of aromatic nitrogens is 2. The maximum absolute atomic E-state index is 8.40. The number of nitriles is 1. The third kappa shape index (κ3) is 2.90. The fraction of sp³-hybridized carbons (Fsp3) is 0.444. The molecular formula is C9H13N5. The number of aryl methyl sites for hydroxylation is 1. The second-order valence-corrected chi connectivity index (χ2v) is 2.73. The van der Waals surface area contributed by atoms with Crippen LogP contribution in [0.15, 0.2) is 6.07 Å². The molecule has 0 bridgehead atoms. The van der Waals surface area contributed by atoms with E-state index < -0.39 is 0 Å². The van der Waals surface area contributed by atoms with E-state index in [0.717, 1.165) is 12.4 Å². The molecule has 0 atom stereocenters. The van der Waals surface area contributed by atoms with Crippen LogP contribution >= 0.6 is 0 Å². The maximum Gasteiger partial charge on any atom is 0.132 e. The minimum absolute atomic E-state index is 0.252. The van der Waals surface area contributed by atoms with Gasteiger partial charge in [-0.2, -0.15) is 5.26 Å². The molecule has 1 aromatic heterocycles. The summed E-state index contributed by atoms with van der Waals surface area (Å²) in [6, 6.07) is 3.78. The zero-order valence-electron chi connectivity index (χ0n) is 8.33. The van der Waals surface area contributed by atoms with Crippen molar-refractivity contribution in [2.75, 3.05) is 23.7 Å². The Balaban J connectivity index is 2.79. The summed E-state index contributed by atoms with van der Waals surface area (Å²) in [4.78, 5) is 8.33. The smallest absolute Gasteiger partial charge is 0.132 e. The molecule has 0 amide bonds. The van der Waals surface area contributed by atoms with Gasteiger partial charge in [-0.15, -0.1) is 0 Å². The summed E-state index contributed by atoms with van der Waals surface area (Å²) >= 11 is 0. The fourth-order valence-electron chi connectivity index (χ4n) is 1.06. The van der Waals surface area contributed by atoms with Crippen LogP contribution in [0.2, 0.25) is 0 Å². The first kappa shape index (κ1) is 10.3. The van der Waals surface area contributed by atoms with Gasteiger partial charge in [0.05, 0.1) is 6.07 Å². The Morgan fingerprint density at radius 3 is 2.57 bits per heavy atom. The lowest BCUT2D eigenvalue weighted by Crippen LogP contribution is -2.06. The number of anilines is 2. The van der Waals surface area contributed by atoms with Crippen molar-refractivity contribution in [2.45, 2.75) is 13.8 Å². The van der Waals surface area contributed by atoms with Gasteiger partial charge in [-0.25, -0.2) is 9.97 Å². The summed E-state index contributed by atoms with van der Waals surface area (Å²) < 4.78 is 0. The average molecular weight is 191 g/mol. The van der Waals surface area contributed by atoms with E-state index in [0.29, 0.717) is 11.6 Å². The molecule has 2 N–H and O–H groups in total. The van der Waals surface area contributed by atoms with E-state index in [4.69, 9.17) is 5.26 Å². The minimum Gasteiger partial charge on any atom is -0.370 e. The molecule has 0 aromatic carbocycles. The van der Waals surface area contributed by atoms with Gasteiger partial charge in [-0.1, -0.05) is 0 Å². The Kier molecular flexibility index (Phi) is 3.68. The first-order valence-electron chi connectivity index (χ1n) is 4.46. The van der Waals surface area contributed by atoms with E-state index in [2.05, 4.69) is 20.6 Å². The summed E-state index contributed by atoms with van der Waals surface area (Å²) in [5.74, 6) is 2.14. The molecule has 0 fully saturated rings. The van der Waals surface area contributed by atoms with Crippen molar-refractivity contribution < 1.29 is 0 Å². The monoisotopic (exact) mass is 191 g/mol. The molecule has 1 heterocycles. The number of nitrogens with one attached hydrogen (secondary N) is 2. The van der Waals surface area contributed by atoms with Crippen LogP contribution in [-0.2, 0) is 0 Å². The molecule has 1 rings (SSSR count). The molecule has 0 unspecified atom stereocenters. The Bertz CT molecular complexity index is 342. The summed E-state index contributed by atoms with van der Waals surface area (Å²) in [5.41, 5.74) is 0. The van der Waals surface area contributed by atoms with Crippen molar-refractivity contribution in [1.29, 1.82) is 5.26 Å². The van der Waals surface area contributed by atoms with Gasteiger partial charge in [-0.05, 0) is 13.8 Å². The lowest BCUT2D eigenvalue weighted by atomic mass is 10.4. The van der Waals surface area contributed by atoms with E-state index in [1.807, 2.05) is 19.9 Å². The van der Waals surface area contributed by atoms with Gasteiger partial charge in [0.1, 0.15) is 24.0 Å². The normalized spacial score (nSPS) is 9.21. The molecule has 0 aliphatic rings. The van der Waals surface area contributed by atoms with Gasteiger partial charge in [0.25, 0.3) is 0 Å². The van der Waals surface area contributed by atoms with Gasteiger partial charge in [0.15, 0.2) is 0 Å². The first-order chi connectivity index (χ1) is 6.76. The lowest BCUT2D eigenvalue weighted by molar-refractivity contribution is 1.03. The van der Waals surface area contributed by atoms with Crippen molar-refractivity contribution in [1.82, 2.24) is 9.97 Å². The van der Waals surface area contributed by atoms with Gasteiger partial charge in [-0.3, -0.25) is 0 Å². The SMILES string of the molecule is CCNc1cc(NCC#N)nc(C)n1. The molecule has 0 radical (unpaired) electrons. The van der Waals surface area contributed by atoms with Crippen LogP contribution in [0, 0.1) is 18.3 Å². The van der Waals surface area contributed by atoms with Crippen LogP contribution in [0.3, 0.4) is 0 Å². The van der Waals surface area contributed by atoms with Crippen LogP contribution in [0.5, 0.6) is 0 Å². The van der Waals surface area contributed by atoms with Crippen LogP contribution in [-0.4, -0.2) is 23.1 Å². The minimum atomic E-state index is 0.252. The van der Waals surface area contributed by atoms with Crippen molar-refractivity contribution >= 4 is 11.6 Å². The predicted octanol–water partition coefficient (Wildman–Crippen LogP) is 1.15. The number of hydrogen-bond acceptors (Lipinski definition) is 5. The van der Waals surface area contributed by atoms with Crippen LogP contribution < -0.4 is 10.6 Å². The highest BCUT2D eigenvalue weighted by Crippen LogP contribution is 2.10. The second kappa shape index (κ2) is 5.02. The number of hydrogen-bond donors (Lipinski definition) is 2. The summed E-state index contributed by atoms with van der Waals surface area (Å²) in [6.07, 6.45) is 0. The van der Waals surface area contributed by atoms with Crippen molar-refractivity contribution in [3.63, 3.8) is 0 Å². The molecule has 1 aromatic rings. The molecule has 14 heavy (non-hydrogen) atoms. The predicted molar refractivity (Wildman–Crippen MR) is 55.0 cm³/mol. The van der Waals surface area contributed by atoms with Crippen LogP contribution in [0.4, 0.5) is 11.6 Å². The van der Waals surface area contributed by atoms with E-state index in [1.165, 1.54) is 0 Å². The zero-order valence-corrected chi connectivity index (χ0v) is 8.33. The van der Waals surface area contributed by atoms with E-state index >= 15 is 0 Å². The largest absolute Gasteiger partial charge is 0.370 e. The molecular weight excluding hydrogens is 178 g/mol. The van der Waals surface area contributed by atoms with Crippen molar-refractivity contribution in [3.05, 3.63) is 11.9 Å². The molecule has 0 aliphatic carbocycles. The number of nitrogens with zero attached hydrogens (tertiary/aromatic N) is 3. The summed E-state index contributed by atoms with van der Waals surface area (Å²) in [7, 11) is 0. The summed E-state index contributed by atoms with van der Waals surface area (Å²) in [6.45, 7) is 4.88. The Labute approximate surface area is 83.2 Å². The van der Waals surface area contributed by atoms with E-state index in [9.17, 15) is 0 Å². The molecule has 74 valence electrons. The average Bonchev–Trinajstić information content (AvgIpc) is 2.14. The van der Waals surface area contributed by atoms with E-state index in [-0.39, 0.29) is 6.54 Å². The lowest BCUT2D eigenvalue weighted by Gasteiger charge is -2.06. The maximum atomic E-state index is 8.40. The molecule has 0 saturated carbocycles. The van der Waals surface area contributed by atoms with Gasteiger partial charge < -0.3 is 10.6 Å². The van der Waals surface area contributed by atoms with Gasteiger partial charge in [0, 0.05) is 12.6 Å². The van der Waals surface area contributed by atoms with Crippen molar-refractivity contribution in [3.8, 4) is 6.07 Å². The van der Waals surface area contributed by atoms with Gasteiger partial charge in [0.2, 0.25) is 0 Å². The quantitative estimate of drug-likeness (QED) is 0.698. The highest BCUT2D eigenvalue weighted by molar-refractivity contribution is 5.47. The molecule has 5 nitrogen and oxygen atoms in total. The van der Waals surface area contributed by atoms with E-state index in [1.54, 1.807) is 6.07 Å². The Morgan fingerprint density at radius 1 is 1.36 bits per heavy atom. The van der Waals surface area contributed by atoms with Gasteiger partial charge >= 0.3 is 0 Å². The second-order valence-electron chi connectivity index (χ2n) is 2.73. The zero-order chi connectivity index (χ0) is 10.4. The summed E-state index contributed by atoms with van der Waals surface area (Å²) in [5, 5.41) is 14.4. The topological polar surface area (TPSA) is 73.6 Å². The third-order valence-electron chi connectivity index (χ3n) is 1.54. The molecule has 5 heteroatoms. The highest BCUT2D eigenvalue weighted by atomic mass is 15.1. The standard InChI is InChI=1S/C9H13N5/c1-3-11-8-6-9(12-5-4-10)14-7(2)13-8/h6H,3,5H2,1-2H3,(H2,11,12,13,14). The molecule has 0 spiro atoms. The van der Waals surface area contributed by atoms with Crippen LogP contribution in [0.1, 0.15) is 12.7 Å². The first-order valence-corrected chi connectivity index (χ1v) is 4.46. The highest BCUT2D eigenvalue weighted by Gasteiger charge is 1.99. The Hall–Kier alpha value is -1.83. The number of rotatable bonds is 4. The van der Waals surface area contributed by atoms with Crippen molar-refractivity contribution in [2.24, 2.45) is 0 Å². The Morgan fingerprint density at radius 2 is 2.00 bits per heavy atom. The third-order valence-corrected chi connectivity index (χ3v) is 1.54. The fourth-order valence-corrected chi connectivity index (χ4v) is 1.06. The molecule has 0 saturated heterocycles. The molecule has 0 aliphatic heterocycles.